The van der Waals surface area contributed by atoms with E-state index < -0.39 is 0 Å². The SMILES string of the molecule is O=C(Cc1ccc(Cl)c2cccnc12)N1CCC1. The number of carbonyl (C=O) groups excluding carboxylic acids is 1. The topological polar surface area (TPSA) is 33.2 Å². The van der Waals surface area contributed by atoms with Gasteiger partial charge in [-0.05, 0) is 30.2 Å². The molecule has 0 aliphatic carbocycles. The standard InChI is InChI=1S/C14H13ClN2O/c15-12-5-4-10(9-13(18)17-7-2-8-17)14-11(12)3-1-6-16-14/h1,3-6H,2,7-9H2. The fourth-order valence-corrected chi connectivity index (χ4v) is 2.39. The first-order valence-corrected chi connectivity index (χ1v) is 6.43. The fraction of sp³-hybridized carbons (Fsp3) is 0.286. The molecule has 1 aromatic carbocycles. The minimum Gasteiger partial charge on any atom is -0.342 e. The van der Waals surface area contributed by atoms with Crippen molar-refractivity contribution in [2.45, 2.75) is 12.8 Å². The summed E-state index contributed by atoms with van der Waals surface area (Å²) in [4.78, 5) is 18.2. The number of fused-ring (bicyclic) bond motifs is 1. The van der Waals surface area contributed by atoms with E-state index in [1.807, 2.05) is 29.2 Å². The molecule has 1 aromatic heterocycles. The lowest BCUT2D eigenvalue weighted by atomic mass is 10.1. The van der Waals surface area contributed by atoms with E-state index in [1.165, 1.54) is 0 Å². The summed E-state index contributed by atoms with van der Waals surface area (Å²) in [5.74, 6) is 0.176. The quantitative estimate of drug-likeness (QED) is 0.832. The molecule has 1 saturated heterocycles. The van der Waals surface area contributed by atoms with Gasteiger partial charge in [-0.1, -0.05) is 17.7 Å². The van der Waals surface area contributed by atoms with E-state index in [0.717, 1.165) is 36.0 Å². The van der Waals surface area contributed by atoms with Crippen LogP contribution in [0.1, 0.15) is 12.0 Å². The van der Waals surface area contributed by atoms with Crippen LogP contribution in [0.4, 0.5) is 0 Å². The van der Waals surface area contributed by atoms with Gasteiger partial charge in [0.15, 0.2) is 0 Å². The molecule has 0 radical (unpaired) electrons. The van der Waals surface area contributed by atoms with Crippen LogP contribution in [0.5, 0.6) is 0 Å². The molecule has 0 bridgehead atoms. The smallest absolute Gasteiger partial charge is 0.227 e. The molecule has 1 fully saturated rings. The Labute approximate surface area is 110 Å². The Morgan fingerprint density at radius 3 is 2.89 bits per heavy atom. The van der Waals surface area contributed by atoms with Crippen LogP contribution in [-0.2, 0) is 11.2 Å². The molecule has 0 atom stereocenters. The Kier molecular flexibility index (Phi) is 2.92. The van der Waals surface area contributed by atoms with Crippen LogP contribution in [0.2, 0.25) is 5.02 Å². The van der Waals surface area contributed by atoms with E-state index in [0.29, 0.717) is 11.4 Å². The van der Waals surface area contributed by atoms with E-state index in [9.17, 15) is 4.79 Å². The van der Waals surface area contributed by atoms with Crippen LogP contribution in [-0.4, -0.2) is 28.9 Å². The zero-order valence-corrected chi connectivity index (χ0v) is 10.7. The molecule has 3 rings (SSSR count). The lowest BCUT2D eigenvalue weighted by molar-refractivity contribution is -0.133. The van der Waals surface area contributed by atoms with Gasteiger partial charge in [0.05, 0.1) is 11.9 Å². The van der Waals surface area contributed by atoms with Crippen molar-refractivity contribution in [1.29, 1.82) is 0 Å². The number of hydrogen-bond donors (Lipinski definition) is 0. The van der Waals surface area contributed by atoms with E-state index >= 15 is 0 Å². The predicted octanol–water partition coefficient (Wildman–Crippen LogP) is 2.66. The third kappa shape index (κ3) is 1.95. The highest BCUT2D eigenvalue weighted by molar-refractivity contribution is 6.35. The highest BCUT2D eigenvalue weighted by atomic mass is 35.5. The molecule has 2 aromatic rings. The summed E-state index contributed by atoms with van der Waals surface area (Å²) in [5, 5.41) is 1.59. The molecule has 1 aliphatic rings. The zero-order chi connectivity index (χ0) is 12.5. The molecule has 0 spiro atoms. The third-order valence-corrected chi connectivity index (χ3v) is 3.68. The van der Waals surface area contributed by atoms with Gasteiger partial charge < -0.3 is 4.90 Å². The lowest BCUT2D eigenvalue weighted by Gasteiger charge is -2.31. The molecule has 0 N–H and O–H groups in total. The van der Waals surface area contributed by atoms with Gasteiger partial charge in [0.25, 0.3) is 0 Å². The molecule has 18 heavy (non-hydrogen) atoms. The number of pyridine rings is 1. The van der Waals surface area contributed by atoms with Gasteiger partial charge in [0.2, 0.25) is 5.91 Å². The molecule has 0 unspecified atom stereocenters. The highest BCUT2D eigenvalue weighted by Crippen LogP contribution is 2.25. The molecule has 4 heteroatoms. The summed E-state index contributed by atoms with van der Waals surface area (Å²) in [7, 11) is 0. The summed E-state index contributed by atoms with van der Waals surface area (Å²) in [6.45, 7) is 1.77. The van der Waals surface area contributed by atoms with Crippen molar-refractivity contribution >= 4 is 28.4 Å². The maximum absolute atomic E-state index is 12.0. The van der Waals surface area contributed by atoms with Gasteiger partial charge in [-0.3, -0.25) is 9.78 Å². The molecular weight excluding hydrogens is 248 g/mol. The van der Waals surface area contributed by atoms with Crippen molar-refractivity contribution in [3.05, 3.63) is 41.0 Å². The maximum atomic E-state index is 12.0. The first-order valence-electron chi connectivity index (χ1n) is 6.05. The van der Waals surface area contributed by atoms with E-state index in [1.54, 1.807) is 6.20 Å². The van der Waals surface area contributed by atoms with Crippen molar-refractivity contribution in [1.82, 2.24) is 9.88 Å². The number of rotatable bonds is 2. The normalized spacial score (nSPS) is 14.6. The van der Waals surface area contributed by atoms with Gasteiger partial charge >= 0.3 is 0 Å². The number of amides is 1. The van der Waals surface area contributed by atoms with Crippen molar-refractivity contribution in [3.63, 3.8) is 0 Å². The monoisotopic (exact) mass is 260 g/mol. The second kappa shape index (κ2) is 4.58. The molecule has 92 valence electrons. The molecule has 3 nitrogen and oxygen atoms in total. The van der Waals surface area contributed by atoms with E-state index in [2.05, 4.69) is 4.98 Å². The Hall–Kier alpha value is -1.61. The van der Waals surface area contributed by atoms with Crippen molar-refractivity contribution in [2.24, 2.45) is 0 Å². The Morgan fingerprint density at radius 1 is 1.33 bits per heavy atom. The summed E-state index contributed by atoms with van der Waals surface area (Å²) in [5.41, 5.74) is 1.78. The number of aromatic nitrogens is 1. The summed E-state index contributed by atoms with van der Waals surface area (Å²) in [6.07, 6.45) is 3.26. The maximum Gasteiger partial charge on any atom is 0.227 e. The first-order chi connectivity index (χ1) is 8.75. The number of nitrogens with zero attached hydrogens (tertiary/aromatic N) is 2. The number of benzene rings is 1. The highest BCUT2D eigenvalue weighted by Gasteiger charge is 2.21. The van der Waals surface area contributed by atoms with Gasteiger partial charge in [-0.25, -0.2) is 0 Å². The number of halogens is 1. The fourth-order valence-electron chi connectivity index (χ4n) is 2.18. The third-order valence-electron chi connectivity index (χ3n) is 3.35. The van der Waals surface area contributed by atoms with Gasteiger partial charge in [-0.2, -0.15) is 0 Å². The Balaban J connectivity index is 1.96. The average Bonchev–Trinajstić information content (AvgIpc) is 2.31. The van der Waals surface area contributed by atoms with Crippen LogP contribution in [0.3, 0.4) is 0 Å². The van der Waals surface area contributed by atoms with Crippen LogP contribution in [0.15, 0.2) is 30.5 Å². The molecule has 0 saturated carbocycles. The Morgan fingerprint density at radius 2 is 2.17 bits per heavy atom. The average molecular weight is 261 g/mol. The summed E-state index contributed by atoms with van der Waals surface area (Å²) >= 11 is 6.13. The minimum absolute atomic E-state index is 0.176. The van der Waals surface area contributed by atoms with Crippen LogP contribution in [0, 0.1) is 0 Å². The van der Waals surface area contributed by atoms with Gasteiger partial charge in [0.1, 0.15) is 0 Å². The molecular formula is C14H13ClN2O. The zero-order valence-electron chi connectivity index (χ0n) is 9.90. The number of likely N-dealkylation sites (tertiary alicyclic amines) is 1. The second-order valence-electron chi connectivity index (χ2n) is 4.52. The number of hydrogen-bond acceptors (Lipinski definition) is 2. The molecule has 1 aliphatic heterocycles. The first kappa shape index (κ1) is 11.5. The molecule has 2 heterocycles. The lowest BCUT2D eigenvalue weighted by Crippen LogP contribution is -2.42. The predicted molar refractivity (Wildman–Crippen MR) is 71.7 cm³/mol. The van der Waals surface area contributed by atoms with Crippen molar-refractivity contribution < 1.29 is 4.79 Å². The van der Waals surface area contributed by atoms with Crippen LogP contribution >= 0.6 is 11.6 Å². The van der Waals surface area contributed by atoms with E-state index in [4.69, 9.17) is 11.6 Å². The second-order valence-corrected chi connectivity index (χ2v) is 4.92. The van der Waals surface area contributed by atoms with E-state index in [-0.39, 0.29) is 5.91 Å². The summed E-state index contributed by atoms with van der Waals surface area (Å²) < 4.78 is 0. The molecule has 1 amide bonds. The largest absolute Gasteiger partial charge is 0.342 e. The summed E-state index contributed by atoms with van der Waals surface area (Å²) in [6, 6.07) is 7.52. The Bertz CT molecular complexity index is 608. The van der Waals surface area contributed by atoms with Crippen LogP contribution < -0.4 is 0 Å². The van der Waals surface area contributed by atoms with Crippen LogP contribution in [0.25, 0.3) is 10.9 Å². The van der Waals surface area contributed by atoms with Gasteiger partial charge in [0, 0.05) is 29.7 Å². The van der Waals surface area contributed by atoms with Gasteiger partial charge in [-0.15, -0.1) is 0 Å². The van der Waals surface area contributed by atoms with Crippen molar-refractivity contribution in [3.8, 4) is 0 Å². The number of carbonyl (C=O) groups is 1. The van der Waals surface area contributed by atoms with Crippen molar-refractivity contribution in [2.75, 3.05) is 13.1 Å². The minimum atomic E-state index is 0.176.